The molecule has 2 aliphatic rings. The minimum atomic E-state index is -0.965. The van der Waals surface area contributed by atoms with Crippen molar-refractivity contribution in [3.63, 3.8) is 0 Å². The third-order valence-corrected chi connectivity index (χ3v) is 10.8. The summed E-state index contributed by atoms with van der Waals surface area (Å²) in [5.74, 6) is -0.308. The molecule has 1 aromatic heterocycles. The Morgan fingerprint density at radius 3 is 2.03 bits per heavy atom. The first-order valence-corrected chi connectivity index (χ1v) is 20.5. The van der Waals surface area contributed by atoms with E-state index >= 15 is 0 Å². The number of nitrogens with one attached hydrogen (secondary N) is 2. The summed E-state index contributed by atoms with van der Waals surface area (Å²) >= 11 is 0. The van der Waals surface area contributed by atoms with Crippen LogP contribution < -0.4 is 20.1 Å². The van der Waals surface area contributed by atoms with Crippen LogP contribution >= 0.6 is 0 Å². The Morgan fingerprint density at radius 1 is 0.741 bits per heavy atom. The van der Waals surface area contributed by atoms with Crippen LogP contribution in [0.25, 0.3) is 0 Å². The Labute approximate surface area is 341 Å². The van der Waals surface area contributed by atoms with Crippen molar-refractivity contribution in [1.29, 1.82) is 0 Å². The standard InChI is InChI=1S/C46H55N5O7/c1-32-29-47-30-36(49-32)31-58-38-19-14-34(15-20-38)46(2,3)33-12-17-37(18-13-33)57-27-10-7-5-4-6-9-25-56-26-11-8-24-48-35-16-21-39-40(28-35)45(55)51(44(39)54)41-22-23-42(52)50-43(41)53/h12-21,28-30,41,48H,4-11,22-27,31H2,1-3H3,(H,50,52,53). The number of carbonyl (C=O) groups excluding carboxylic acids is 4. The molecule has 2 N–H and O–H groups in total. The maximum absolute atomic E-state index is 13.0. The highest BCUT2D eigenvalue weighted by Crippen LogP contribution is 2.34. The summed E-state index contributed by atoms with van der Waals surface area (Å²) < 4.78 is 17.8. The number of unbranched alkanes of at least 4 members (excludes halogenated alkanes) is 6. The SMILES string of the molecule is Cc1cncc(COc2ccc(C(C)(C)c3ccc(OCCCCCCCCOCCCCNc4ccc5c(c4)C(=O)N(C4CCC(=O)NC4=O)C5=O)cc3)cc2)n1. The maximum atomic E-state index is 13.0. The maximum Gasteiger partial charge on any atom is 0.262 e. The van der Waals surface area contributed by atoms with E-state index in [2.05, 4.69) is 70.8 Å². The van der Waals surface area contributed by atoms with Gasteiger partial charge in [-0.3, -0.25) is 39.4 Å². The van der Waals surface area contributed by atoms with Gasteiger partial charge in [0.2, 0.25) is 11.8 Å². The number of ether oxygens (including phenoxy) is 3. The van der Waals surface area contributed by atoms with E-state index < -0.39 is 29.7 Å². The Kier molecular flexibility index (Phi) is 14.6. The molecular weight excluding hydrogens is 735 g/mol. The predicted octanol–water partition coefficient (Wildman–Crippen LogP) is 7.72. The Morgan fingerprint density at radius 2 is 1.36 bits per heavy atom. The summed E-state index contributed by atoms with van der Waals surface area (Å²) in [4.78, 5) is 59.3. The van der Waals surface area contributed by atoms with Gasteiger partial charge >= 0.3 is 0 Å². The number of hydrogen-bond donors (Lipinski definition) is 2. The lowest BCUT2D eigenvalue weighted by molar-refractivity contribution is -0.136. The average molecular weight is 790 g/mol. The van der Waals surface area contributed by atoms with Gasteiger partial charge in [-0.2, -0.15) is 0 Å². The van der Waals surface area contributed by atoms with Crippen molar-refractivity contribution in [3.8, 4) is 11.5 Å². The minimum absolute atomic E-state index is 0.0953. The number of aromatic nitrogens is 2. The van der Waals surface area contributed by atoms with Crippen LogP contribution in [0.5, 0.6) is 11.5 Å². The number of carbonyl (C=O) groups is 4. The molecule has 1 saturated heterocycles. The van der Waals surface area contributed by atoms with Gasteiger partial charge in [0.1, 0.15) is 24.1 Å². The molecule has 12 heteroatoms. The molecule has 58 heavy (non-hydrogen) atoms. The number of imide groups is 2. The second-order valence-electron chi connectivity index (χ2n) is 15.5. The topological polar surface area (TPSA) is 149 Å². The Balaban J connectivity index is 0.767. The largest absolute Gasteiger partial charge is 0.494 e. The highest BCUT2D eigenvalue weighted by atomic mass is 16.5. The van der Waals surface area contributed by atoms with Gasteiger partial charge in [0.25, 0.3) is 11.8 Å². The lowest BCUT2D eigenvalue weighted by Crippen LogP contribution is -2.54. The van der Waals surface area contributed by atoms with E-state index in [4.69, 9.17) is 14.2 Å². The molecule has 2 aliphatic heterocycles. The molecule has 0 spiro atoms. The molecule has 1 atom stereocenters. The number of piperidine rings is 1. The van der Waals surface area contributed by atoms with E-state index in [-0.39, 0.29) is 29.4 Å². The fraction of sp³-hybridized carbons (Fsp3) is 0.435. The minimum Gasteiger partial charge on any atom is -0.494 e. The smallest absolute Gasteiger partial charge is 0.262 e. The summed E-state index contributed by atoms with van der Waals surface area (Å²) in [6.45, 7) is 9.64. The zero-order valence-electron chi connectivity index (χ0n) is 33.9. The van der Waals surface area contributed by atoms with Crippen LogP contribution in [0.15, 0.2) is 79.1 Å². The van der Waals surface area contributed by atoms with E-state index in [0.717, 1.165) is 78.6 Å². The first-order valence-electron chi connectivity index (χ1n) is 20.5. The second-order valence-corrected chi connectivity index (χ2v) is 15.5. The average Bonchev–Trinajstić information content (AvgIpc) is 3.46. The third-order valence-electron chi connectivity index (χ3n) is 10.8. The molecule has 3 heterocycles. The highest BCUT2D eigenvalue weighted by molar-refractivity contribution is 6.23. The van der Waals surface area contributed by atoms with Crippen LogP contribution in [0.4, 0.5) is 5.69 Å². The quantitative estimate of drug-likeness (QED) is 0.0599. The molecule has 306 valence electrons. The van der Waals surface area contributed by atoms with E-state index in [1.807, 2.05) is 19.1 Å². The fourth-order valence-electron chi connectivity index (χ4n) is 7.29. The first-order chi connectivity index (χ1) is 28.1. The fourth-order valence-corrected chi connectivity index (χ4v) is 7.29. The van der Waals surface area contributed by atoms with Crippen LogP contribution in [0, 0.1) is 6.92 Å². The molecule has 0 radical (unpaired) electrons. The number of aryl methyl sites for hydroxylation is 1. The van der Waals surface area contributed by atoms with Gasteiger partial charge in [-0.05, 0) is 92.6 Å². The van der Waals surface area contributed by atoms with Crippen molar-refractivity contribution in [3.05, 3.63) is 113 Å². The number of benzene rings is 3. The van der Waals surface area contributed by atoms with Gasteiger partial charge in [-0.25, -0.2) is 0 Å². The van der Waals surface area contributed by atoms with Crippen LogP contribution in [0.3, 0.4) is 0 Å². The normalized spacial score (nSPS) is 15.4. The molecular formula is C46H55N5O7. The van der Waals surface area contributed by atoms with Gasteiger partial charge in [0.15, 0.2) is 0 Å². The number of rotatable bonds is 22. The number of fused-ring (bicyclic) bond motifs is 1. The molecule has 4 amide bonds. The zero-order chi connectivity index (χ0) is 40.9. The predicted molar refractivity (Wildman–Crippen MR) is 221 cm³/mol. The van der Waals surface area contributed by atoms with Crippen molar-refractivity contribution >= 4 is 29.3 Å². The lowest BCUT2D eigenvalue weighted by atomic mass is 9.78. The van der Waals surface area contributed by atoms with Gasteiger partial charge in [-0.1, -0.05) is 63.8 Å². The van der Waals surface area contributed by atoms with Crippen LogP contribution in [0.1, 0.15) is 121 Å². The summed E-state index contributed by atoms with van der Waals surface area (Å²) in [5.41, 5.74) is 5.23. The molecule has 1 fully saturated rings. The first kappa shape index (κ1) is 42.0. The molecule has 3 aromatic carbocycles. The molecule has 4 aromatic rings. The monoisotopic (exact) mass is 789 g/mol. The van der Waals surface area contributed by atoms with E-state index in [1.54, 1.807) is 30.6 Å². The molecule has 12 nitrogen and oxygen atoms in total. The van der Waals surface area contributed by atoms with E-state index in [1.165, 1.54) is 24.0 Å². The zero-order valence-corrected chi connectivity index (χ0v) is 33.9. The highest BCUT2D eigenvalue weighted by Gasteiger charge is 2.44. The summed E-state index contributed by atoms with van der Waals surface area (Å²) in [6.07, 6.45) is 12.3. The van der Waals surface area contributed by atoms with Gasteiger partial charge in [0, 0.05) is 43.5 Å². The van der Waals surface area contributed by atoms with E-state index in [9.17, 15) is 19.2 Å². The Bertz CT molecular complexity index is 2030. The summed E-state index contributed by atoms with van der Waals surface area (Å²) in [7, 11) is 0. The number of amides is 4. The summed E-state index contributed by atoms with van der Waals surface area (Å²) in [6, 6.07) is 20.8. The summed E-state index contributed by atoms with van der Waals surface area (Å²) in [5, 5.41) is 5.53. The van der Waals surface area contributed by atoms with Crippen molar-refractivity contribution in [2.24, 2.45) is 0 Å². The molecule has 0 bridgehead atoms. The van der Waals surface area contributed by atoms with Gasteiger partial charge in [0.05, 0.1) is 35.3 Å². The van der Waals surface area contributed by atoms with Crippen molar-refractivity contribution in [1.82, 2.24) is 20.2 Å². The lowest BCUT2D eigenvalue weighted by Gasteiger charge is -2.27. The second kappa shape index (κ2) is 20.2. The molecule has 0 saturated carbocycles. The van der Waals surface area contributed by atoms with Gasteiger partial charge < -0.3 is 19.5 Å². The molecule has 0 aliphatic carbocycles. The van der Waals surface area contributed by atoms with Crippen LogP contribution in [-0.2, 0) is 26.3 Å². The van der Waals surface area contributed by atoms with Gasteiger partial charge in [-0.15, -0.1) is 0 Å². The van der Waals surface area contributed by atoms with E-state index in [0.29, 0.717) is 26.4 Å². The van der Waals surface area contributed by atoms with Crippen molar-refractivity contribution in [2.75, 3.05) is 31.7 Å². The Hall–Kier alpha value is -5.62. The van der Waals surface area contributed by atoms with Crippen LogP contribution in [-0.4, -0.2) is 70.9 Å². The van der Waals surface area contributed by atoms with Crippen LogP contribution in [0.2, 0.25) is 0 Å². The molecule has 6 rings (SSSR count). The third kappa shape index (κ3) is 11.1. The number of hydrogen-bond acceptors (Lipinski definition) is 10. The number of anilines is 1. The van der Waals surface area contributed by atoms with Crippen molar-refractivity contribution in [2.45, 2.75) is 103 Å². The molecule has 1 unspecified atom stereocenters. The van der Waals surface area contributed by atoms with Crippen molar-refractivity contribution < 1.29 is 33.4 Å². The number of nitrogens with zero attached hydrogens (tertiary/aromatic N) is 3.